The molecule has 0 radical (unpaired) electrons. The minimum Gasteiger partial charge on any atom is -0.481 e. The van der Waals surface area contributed by atoms with Gasteiger partial charge in [-0.1, -0.05) is 97.2 Å². The molecule has 10 heteroatoms. The maximum Gasteiger partial charge on any atom is 0.303 e. The minimum atomic E-state index is -0.883. The lowest BCUT2D eigenvalue weighted by Crippen LogP contribution is -2.46. The van der Waals surface area contributed by atoms with Gasteiger partial charge >= 0.3 is 5.97 Å². The van der Waals surface area contributed by atoms with Gasteiger partial charge in [0.2, 0.25) is 5.91 Å². The molecule has 2 saturated heterocycles. The van der Waals surface area contributed by atoms with E-state index in [0.717, 1.165) is 71.3 Å². The number of carbonyl (C=O) groups is 2. The van der Waals surface area contributed by atoms with Crippen LogP contribution >= 0.6 is 11.6 Å². The first-order valence-electron chi connectivity index (χ1n) is 19.1. The van der Waals surface area contributed by atoms with Crippen LogP contribution < -0.4 is 5.32 Å². The molecule has 54 heavy (non-hydrogen) atoms. The number of rotatable bonds is 16. The first-order valence-corrected chi connectivity index (χ1v) is 19.4. The highest BCUT2D eigenvalue weighted by Gasteiger charge is 2.37. The van der Waals surface area contributed by atoms with Crippen molar-refractivity contribution >= 4 is 23.5 Å². The Kier molecular flexibility index (Phi) is 13.9. The van der Waals surface area contributed by atoms with E-state index in [4.69, 9.17) is 26.2 Å². The number of ether oxygens (including phenoxy) is 2. The smallest absolute Gasteiger partial charge is 0.303 e. The van der Waals surface area contributed by atoms with Crippen molar-refractivity contribution in [1.82, 2.24) is 10.2 Å². The van der Waals surface area contributed by atoms with Crippen LogP contribution in [0.5, 0.6) is 0 Å². The van der Waals surface area contributed by atoms with Gasteiger partial charge in [0.25, 0.3) is 0 Å². The quantitative estimate of drug-likeness (QED) is 0.0846. The topological polar surface area (TPSA) is 129 Å². The lowest BCUT2D eigenvalue weighted by atomic mass is 9.84. The molecule has 6 rings (SSSR count). The standard InChI is InChI=1S/C44H51ClN2O7/c45-38-19-17-37(18-20-38)44(52)21-23-47(24-22-44)29-39-27-40(33-15-13-31(30-48)14-16-33)54-43(53-39)36-10-6-9-35(26-36)34-8-5-7-32(25-34)28-46-41(49)11-3-1-2-4-12-42(50)51/h5-10,13-20,25-26,39-40,43,48,52H,1-4,11-12,21-24,27-30H2,(H,46,49)(H,50,51)/t39-,40+,43+/m1/s1. The lowest BCUT2D eigenvalue weighted by molar-refractivity contribution is -0.253. The minimum absolute atomic E-state index is 0.0101. The number of carboxylic acids is 1. The van der Waals surface area contributed by atoms with Gasteiger partial charge in [-0.3, -0.25) is 9.59 Å². The molecule has 286 valence electrons. The molecule has 0 saturated carbocycles. The number of halogens is 1. The fourth-order valence-corrected chi connectivity index (χ4v) is 7.53. The fourth-order valence-electron chi connectivity index (χ4n) is 7.41. The van der Waals surface area contributed by atoms with Crippen molar-refractivity contribution in [2.45, 2.75) is 95.0 Å². The normalized spacial score (nSPS) is 20.0. The van der Waals surface area contributed by atoms with Gasteiger partial charge in [-0.25, -0.2) is 0 Å². The number of aliphatic hydroxyl groups is 2. The Bertz CT molecular complexity index is 1830. The van der Waals surface area contributed by atoms with Crippen LogP contribution in [0.1, 0.15) is 98.0 Å². The molecular formula is C44H51ClN2O7. The van der Waals surface area contributed by atoms with E-state index in [-0.39, 0.29) is 31.1 Å². The predicted octanol–water partition coefficient (Wildman–Crippen LogP) is 8.07. The average molecular weight is 755 g/mol. The van der Waals surface area contributed by atoms with Crippen molar-refractivity contribution in [2.75, 3.05) is 19.6 Å². The zero-order valence-corrected chi connectivity index (χ0v) is 31.4. The third kappa shape index (κ3) is 11.0. The van der Waals surface area contributed by atoms with E-state index in [0.29, 0.717) is 50.2 Å². The van der Waals surface area contributed by atoms with Crippen LogP contribution in [-0.4, -0.2) is 57.8 Å². The van der Waals surface area contributed by atoms with Gasteiger partial charge in [0.1, 0.15) is 0 Å². The third-order valence-electron chi connectivity index (χ3n) is 10.6. The number of nitrogens with zero attached hydrogens (tertiary/aromatic N) is 1. The summed E-state index contributed by atoms with van der Waals surface area (Å²) in [6.07, 6.45) is 4.61. The zero-order valence-electron chi connectivity index (χ0n) is 30.7. The molecule has 0 aromatic heterocycles. The highest BCUT2D eigenvalue weighted by Crippen LogP contribution is 2.40. The summed E-state index contributed by atoms with van der Waals surface area (Å²) in [5.74, 6) is -0.790. The number of hydrogen-bond donors (Lipinski definition) is 4. The Morgan fingerprint density at radius 3 is 2.19 bits per heavy atom. The molecule has 4 aromatic carbocycles. The summed E-state index contributed by atoms with van der Waals surface area (Å²) in [5, 5.41) is 33.5. The number of piperidine rings is 1. The predicted molar refractivity (Wildman–Crippen MR) is 209 cm³/mol. The second-order valence-electron chi connectivity index (χ2n) is 14.6. The van der Waals surface area contributed by atoms with Crippen LogP contribution in [0.3, 0.4) is 0 Å². The number of likely N-dealkylation sites (tertiary alicyclic amines) is 1. The van der Waals surface area contributed by atoms with Crippen LogP contribution in [0, 0.1) is 0 Å². The number of unbranched alkanes of at least 4 members (excludes halogenated alkanes) is 3. The van der Waals surface area contributed by atoms with E-state index >= 15 is 0 Å². The van der Waals surface area contributed by atoms with E-state index in [1.807, 2.05) is 72.8 Å². The third-order valence-corrected chi connectivity index (χ3v) is 10.8. The number of aliphatic carboxylic acids is 1. The van der Waals surface area contributed by atoms with Crippen LogP contribution in [0.15, 0.2) is 97.1 Å². The molecule has 4 aromatic rings. The molecule has 2 aliphatic heterocycles. The summed E-state index contributed by atoms with van der Waals surface area (Å²) in [4.78, 5) is 25.5. The van der Waals surface area contributed by atoms with E-state index in [2.05, 4.69) is 34.5 Å². The zero-order chi connectivity index (χ0) is 37.9. The van der Waals surface area contributed by atoms with Crippen molar-refractivity contribution in [1.29, 1.82) is 0 Å². The lowest BCUT2D eigenvalue weighted by Gasteiger charge is -2.42. The molecular weight excluding hydrogens is 704 g/mol. The summed E-state index contributed by atoms with van der Waals surface area (Å²) < 4.78 is 13.4. The fraction of sp³-hybridized carbons (Fsp3) is 0.409. The van der Waals surface area contributed by atoms with Gasteiger partial charge < -0.3 is 35.0 Å². The van der Waals surface area contributed by atoms with Crippen molar-refractivity contribution in [3.8, 4) is 11.1 Å². The maximum absolute atomic E-state index is 12.5. The Hall–Kier alpha value is -4.09. The second-order valence-corrected chi connectivity index (χ2v) is 15.0. The molecule has 0 bridgehead atoms. The number of aliphatic hydroxyl groups excluding tert-OH is 1. The monoisotopic (exact) mass is 754 g/mol. The van der Waals surface area contributed by atoms with Gasteiger partial charge in [-0.2, -0.15) is 0 Å². The van der Waals surface area contributed by atoms with Gasteiger partial charge in [-0.15, -0.1) is 0 Å². The summed E-state index contributed by atoms with van der Waals surface area (Å²) in [7, 11) is 0. The van der Waals surface area contributed by atoms with Crippen LogP contribution in [0.25, 0.3) is 11.1 Å². The molecule has 4 N–H and O–H groups in total. The molecule has 1 amide bonds. The Labute approximate surface area is 322 Å². The SMILES string of the molecule is O=C(O)CCCCCCC(=O)NCc1cccc(-c2cccc([C@H]3O[C@@H](CN4CCC(O)(c5ccc(Cl)cc5)CC4)C[C@@H](c4ccc(CO)cc4)O3)c2)c1. The van der Waals surface area contributed by atoms with Crippen LogP contribution in [0.2, 0.25) is 5.02 Å². The van der Waals surface area contributed by atoms with Gasteiger partial charge in [0.05, 0.1) is 24.4 Å². The molecule has 0 spiro atoms. The number of nitrogens with one attached hydrogen (secondary N) is 1. The van der Waals surface area contributed by atoms with Gasteiger partial charge in [0.15, 0.2) is 6.29 Å². The van der Waals surface area contributed by atoms with Crippen molar-refractivity contribution in [3.05, 3.63) is 130 Å². The molecule has 2 aliphatic rings. The van der Waals surface area contributed by atoms with E-state index in [1.54, 1.807) is 0 Å². The highest BCUT2D eigenvalue weighted by atomic mass is 35.5. The molecule has 3 atom stereocenters. The first-order chi connectivity index (χ1) is 26.2. The molecule has 2 fully saturated rings. The van der Waals surface area contributed by atoms with Crippen LogP contribution in [0.4, 0.5) is 0 Å². The number of benzene rings is 4. The van der Waals surface area contributed by atoms with Crippen molar-refractivity contribution in [2.24, 2.45) is 0 Å². The van der Waals surface area contributed by atoms with E-state index < -0.39 is 17.9 Å². The van der Waals surface area contributed by atoms with E-state index in [9.17, 15) is 19.8 Å². The summed E-state index contributed by atoms with van der Waals surface area (Å²) in [5.41, 5.74) is 5.83. The Morgan fingerprint density at radius 2 is 1.48 bits per heavy atom. The average Bonchev–Trinajstić information content (AvgIpc) is 3.19. The van der Waals surface area contributed by atoms with Crippen molar-refractivity contribution in [3.63, 3.8) is 0 Å². The van der Waals surface area contributed by atoms with Crippen LogP contribution in [-0.2, 0) is 37.8 Å². The highest BCUT2D eigenvalue weighted by molar-refractivity contribution is 6.30. The summed E-state index contributed by atoms with van der Waals surface area (Å²) >= 11 is 6.10. The largest absolute Gasteiger partial charge is 0.481 e. The number of amides is 1. The Balaban J connectivity index is 1.10. The first kappa shape index (κ1) is 39.6. The molecule has 0 unspecified atom stereocenters. The maximum atomic E-state index is 12.5. The Morgan fingerprint density at radius 1 is 0.796 bits per heavy atom. The molecule has 0 aliphatic carbocycles. The van der Waals surface area contributed by atoms with Gasteiger partial charge in [-0.05, 0) is 83.3 Å². The number of carbonyl (C=O) groups excluding carboxylic acids is 1. The van der Waals surface area contributed by atoms with Crippen molar-refractivity contribution < 1.29 is 34.4 Å². The van der Waals surface area contributed by atoms with Gasteiger partial charge in [0, 0.05) is 56.0 Å². The van der Waals surface area contributed by atoms with E-state index in [1.165, 1.54) is 0 Å². The number of carboxylic acid groups (broad SMARTS) is 1. The summed E-state index contributed by atoms with van der Waals surface area (Å²) in [6.45, 7) is 2.59. The molecule has 2 heterocycles. The molecule has 9 nitrogen and oxygen atoms in total. The second kappa shape index (κ2) is 19.0. The summed E-state index contributed by atoms with van der Waals surface area (Å²) in [6, 6.07) is 31.7. The number of hydrogen-bond acceptors (Lipinski definition) is 7.